The van der Waals surface area contributed by atoms with Gasteiger partial charge in [0.15, 0.2) is 0 Å². The first-order valence-electron chi connectivity index (χ1n) is 10.1. The average molecular weight is 429 g/mol. The van der Waals surface area contributed by atoms with Crippen LogP contribution >= 0.6 is 0 Å². The molecule has 164 valence electrons. The molecule has 0 fully saturated rings. The number of hydrazone groups is 1. The van der Waals surface area contributed by atoms with Gasteiger partial charge in [-0.15, -0.1) is 0 Å². The number of hydrogen-bond acceptors (Lipinski definition) is 4. The molecule has 0 N–H and O–H groups in total. The third-order valence-corrected chi connectivity index (χ3v) is 5.15. The molecule has 2 amide bonds. The lowest BCUT2D eigenvalue weighted by molar-refractivity contribution is -0.142. The van der Waals surface area contributed by atoms with Crippen molar-refractivity contribution in [2.45, 2.75) is 25.8 Å². The lowest BCUT2D eigenvalue weighted by atomic mass is 9.98. The number of carbonyl (C=O) groups excluding carboxylic acids is 2. The van der Waals surface area contributed by atoms with Crippen LogP contribution in [0.4, 0.5) is 8.78 Å². The Hall–Kier alpha value is -3.13. The molecule has 3 rings (SSSR count). The van der Waals surface area contributed by atoms with E-state index in [0.29, 0.717) is 23.4 Å². The number of benzene rings is 2. The van der Waals surface area contributed by atoms with E-state index in [0.717, 1.165) is 0 Å². The molecular formula is C23H25F2N3O3. The molecule has 0 bridgehead atoms. The minimum absolute atomic E-state index is 0.185. The lowest BCUT2D eigenvalue weighted by Crippen LogP contribution is -2.42. The van der Waals surface area contributed by atoms with Crippen LogP contribution in [0.2, 0.25) is 0 Å². The van der Waals surface area contributed by atoms with E-state index in [-0.39, 0.29) is 37.7 Å². The van der Waals surface area contributed by atoms with Crippen LogP contribution in [0.5, 0.6) is 0 Å². The van der Waals surface area contributed by atoms with Gasteiger partial charge in [-0.2, -0.15) is 5.10 Å². The summed E-state index contributed by atoms with van der Waals surface area (Å²) in [6, 6.07) is 11.3. The number of carbonyl (C=O) groups is 2. The predicted octanol–water partition coefficient (Wildman–Crippen LogP) is 3.53. The first-order valence-corrected chi connectivity index (χ1v) is 10.1. The molecule has 1 aliphatic heterocycles. The summed E-state index contributed by atoms with van der Waals surface area (Å²) in [5.41, 5.74) is 1.53. The van der Waals surface area contributed by atoms with Gasteiger partial charge in [0.05, 0.1) is 18.4 Å². The molecule has 0 aromatic heterocycles. The average Bonchev–Trinajstić information content (AvgIpc) is 3.22. The molecule has 6 nitrogen and oxygen atoms in total. The van der Waals surface area contributed by atoms with E-state index in [1.165, 1.54) is 35.2 Å². The normalized spacial score (nSPS) is 15.7. The van der Waals surface area contributed by atoms with E-state index < -0.39 is 17.8 Å². The fraction of sp³-hybridized carbons (Fsp3) is 0.348. The van der Waals surface area contributed by atoms with Crippen LogP contribution in [0, 0.1) is 11.6 Å². The Morgan fingerprint density at radius 2 is 1.87 bits per heavy atom. The van der Waals surface area contributed by atoms with Crippen molar-refractivity contribution in [1.82, 2.24) is 9.91 Å². The molecule has 8 heteroatoms. The van der Waals surface area contributed by atoms with Crippen LogP contribution in [-0.4, -0.2) is 54.2 Å². The molecule has 0 saturated heterocycles. The largest absolute Gasteiger partial charge is 0.383 e. The Labute approximate surface area is 180 Å². The van der Waals surface area contributed by atoms with Gasteiger partial charge in [0.25, 0.3) is 5.91 Å². The van der Waals surface area contributed by atoms with Gasteiger partial charge in [-0.05, 0) is 23.8 Å². The smallest absolute Gasteiger partial charge is 0.262 e. The highest BCUT2D eigenvalue weighted by Gasteiger charge is 2.35. The van der Waals surface area contributed by atoms with Gasteiger partial charge < -0.3 is 9.64 Å². The zero-order valence-corrected chi connectivity index (χ0v) is 17.6. The van der Waals surface area contributed by atoms with Crippen molar-refractivity contribution in [3.8, 4) is 0 Å². The Bertz CT molecular complexity index is 963. The maximum Gasteiger partial charge on any atom is 0.262 e. The molecule has 2 aromatic carbocycles. The molecule has 2 aromatic rings. The highest BCUT2D eigenvalue weighted by Crippen LogP contribution is 2.34. The molecule has 0 aliphatic carbocycles. The molecular weight excluding hydrogens is 404 g/mol. The number of amides is 2. The van der Waals surface area contributed by atoms with Crippen LogP contribution in [0.1, 0.15) is 36.9 Å². The molecule has 1 unspecified atom stereocenters. The maximum absolute atomic E-state index is 14.6. The summed E-state index contributed by atoms with van der Waals surface area (Å²) in [7, 11) is 1.52. The second-order valence-corrected chi connectivity index (χ2v) is 7.19. The topological polar surface area (TPSA) is 62.2 Å². The fourth-order valence-electron chi connectivity index (χ4n) is 3.50. The number of halogens is 2. The van der Waals surface area contributed by atoms with Crippen LogP contribution in [0.25, 0.3) is 0 Å². The number of hydrogen-bond donors (Lipinski definition) is 0. The van der Waals surface area contributed by atoms with E-state index >= 15 is 0 Å². The number of nitrogens with zero attached hydrogens (tertiary/aromatic N) is 3. The van der Waals surface area contributed by atoms with Crippen LogP contribution in [0.3, 0.4) is 0 Å². The molecule has 1 heterocycles. The van der Waals surface area contributed by atoms with Crippen LogP contribution < -0.4 is 0 Å². The maximum atomic E-state index is 14.6. The molecule has 0 saturated carbocycles. The summed E-state index contributed by atoms with van der Waals surface area (Å²) < 4.78 is 32.9. The highest BCUT2D eigenvalue weighted by molar-refractivity contribution is 6.03. The van der Waals surface area contributed by atoms with Crippen LogP contribution in [0.15, 0.2) is 53.6 Å². The van der Waals surface area contributed by atoms with E-state index in [1.54, 1.807) is 37.3 Å². The monoisotopic (exact) mass is 429 g/mol. The zero-order valence-electron chi connectivity index (χ0n) is 17.6. The van der Waals surface area contributed by atoms with Gasteiger partial charge in [0, 0.05) is 32.1 Å². The third-order valence-electron chi connectivity index (χ3n) is 5.15. The Morgan fingerprint density at radius 3 is 2.52 bits per heavy atom. The quantitative estimate of drug-likeness (QED) is 0.645. The minimum atomic E-state index is -0.658. The first-order chi connectivity index (χ1) is 14.9. The summed E-state index contributed by atoms with van der Waals surface area (Å²) >= 11 is 0. The van der Waals surface area contributed by atoms with Crippen molar-refractivity contribution < 1.29 is 23.1 Å². The van der Waals surface area contributed by atoms with E-state index in [2.05, 4.69) is 5.10 Å². The van der Waals surface area contributed by atoms with Crippen molar-refractivity contribution in [1.29, 1.82) is 0 Å². The fourth-order valence-corrected chi connectivity index (χ4v) is 3.50. The summed E-state index contributed by atoms with van der Waals surface area (Å²) in [5, 5.41) is 5.68. The van der Waals surface area contributed by atoms with Gasteiger partial charge in [-0.25, -0.2) is 13.8 Å². The second kappa shape index (κ2) is 10.3. The van der Waals surface area contributed by atoms with Gasteiger partial charge in [0.1, 0.15) is 18.2 Å². The van der Waals surface area contributed by atoms with Crippen molar-refractivity contribution >= 4 is 17.5 Å². The minimum Gasteiger partial charge on any atom is -0.383 e. The second-order valence-electron chi connectivity index (χ2n) is 7.19. The van der Waals surface area contributed by atoms with Crippen molar-refractivity contribution in [2.75, 3.05) is 26.8 Å². The van der Waals surface area contributed by atoms with E-state index in [1.807, 2.05) is 0 Å². The lowest BCUT2D eigenvalue weighted by Gasteiger charge is -2.27. The SMILES string of the molecule is CCC(=O)N(CCOC)CC(=O)N1N=C(c2ccc(F)cc2)CC1c1ccccc1F. The van der Waals surface area contributed by atoms with E-state index in [9.17, 15) is 18.4 Å². The summed E-state index contributed by atoms with van der Waals surface area (Å²) in [6.45, 7) is 2.08. The van der Waals surface area contributed by atoms with Crippen LogP contribution in [-0.2, 0) is 14.3 Å². The van der Waals surface area contributed by atoms with Gasteiger partial charge in [-0.1, -0.05) is 37.3 Å². The molecule has 1 atom stereocenters. The highest BCUT2D eigenvalue weighted by atomic mass is 19.1. The number of ether oxygens (including phenoxy) is 1. The van der Waals surface area contributed by atoms with Gasteiger partial charge in [-0.3, -0.25) is 9.59 Å². The third kappa shape index (κ3) is 5.32. The number of rotatable bonds is 8. The standard InChI is InChI=1S/C23H25F2N3O3/c1-3-22(29)27(12-13-31-2)15-23(30)28-21(18-6-4-5-7-19(18)25)14-20(26-28)16-8-10-17(24)11-9-16/h4-11,21H,3,12-15H2,1-2H3. The van der Waals surface area contributed by atoms with Crippen molar-refractivity contribution in [3.05, 3.63) is 71.3 Å². The molecule has 1 aliphatic rings. The van der Waals surface area contributed by atoms with E-state index in [4.69, 9.17) is 4.74 Å². The summed E-state index contributed by atoms with van der Waals surface area (Å²) in [5.74, 6) is -1.44. The molecule has 0 radical (unpaired) electrons. The molecule has 0 spiro atoms. The van der Waals surface area contributed by atoms with Gasteiger partial charge in [0.2, 0.25) is 5.91 Å². The number of methoxy groups -OCH3 is 1. The Morgan fingerprint density at radius 1 is 1.16 bits per heavy atom. The van der Waals surface area contributed by atoms with Crippen molar-refractivity contribution in [2.24, 2.45) is 5.10 Å². The zero-order chi connectivity index (χ0) is 22.4. The molecule has 31 heavy (non-hydrogen) atoms. The first kappa shape index (κ1) is 22.6. The summed E-state index contributed by atoms with van der Waals surface area (Å²) in [6.07, 6.45) is 0.524. The summed E-state index contributed by atoms with van der Waals surface area (Å²) in [4.78, 5) is 26.8. The van der Waals surface area contributed by atoms with Gasteiger partial charge >= 0.3 is 0 Å². The predicted molar refractivity (Wildman–Crippen MR) is 112 cm³/mol. The Balaban J connectivity index is 1.91. The van der Waals surface area contributed by atoms with Crippen molar-refractivity contribution in [3.63, 3.8) is 0 Å². The Kier molecular flexibility index (Phi) is 7.46.